The van der Waals surface area contributed by atoms with Gasteiger partial charge >= 0.3 is 5.97 Å². The Kier molecular flexibility index (Phi) is 6.21. The molecule has 0 amide bonds. The number of carboxylic acid groups (broad SMARTS) is 1. The van der Waals surface area contributed by atoms with E-state index < -0.39 is 5.97 Å². The molecule has 0 bridgehead atoms. The van der Waals surface area contributed by atoms with Crippen molar-refractivity contribution < 1.29 is 18.8 Å². The Morgan fingerprint density at radius 2 is 1.76 bits per heavy atom. The third kappa shape index (κ3) is 4.56. The number of fused-ring (bicyclic) bond motifs is 1. The van der Waals surface area contributed by atoms with Gasteiger partial charge in [-0.2, -0.15) is 0 Å². The second kappa shape index (κ2) is 9.50. The Hall–Kier alpha value is -4.52. The smallest absolute Gasteiger partial charge is 0.337 e. The van der Waals surface area contributed by atoms with E-state index in [1.54, 1.807) is 36.4 Å². The number of anilines is 1. The minimum Gasteiger partial charge on any atom is -0.478 e. The van der Waals surface area contributed by atoms with Crippen LogP contribution in [0.25, 0.3) is 33.3 Å². The molecule has 0 saturated carbocycles. The number of aromatic nitrogens is 2. The number of nitrogens with zero attached hydrogens (tertiary/aromatic N) is 2. The summed E-state index contributed by atoms with van der Waals surface area (Å²) in [5.74, 6) is -0.655. The van der Waals surface area contributed by atoms with E-state index in [9.17, 15) is 14.3 Å². The molecule has 6 nitrogen and oxygen atoms in total. The summed E-state index contributed by atoms with van der Waals surface area (Å²) in [4.78, 5) is 16.8. The largest absolute Gasteiger partial charge is 0.478 e. The zero-order valence-electron chi connectivity index (χ0n) is 21.0. The fourth-order valence-corrected chi connectivity index (χ4v) is 4.78. The molecule has 5 aromatic rings. The summed E-state index contributed by atoms with van der Waals surface area (Å²) >= 11 is 0. The van der Waals surface area contributed by atoms with Gasteiger partial charge in [-0.25, -0.2) is 14.2 Å². The van der Waals surface area contributed by atoms with E-state index in [0.717, 1.165) is 44.4 Å². The standard InChI is InChI=1S/C30H26FN3O3/c1-16-13-23(17(2)32-26-8-6-5-7-22(26)30(35)36)25-15-24(20-9-11-21(31)12-10-20)29(33-27(25)14-16)28-18(3)34-37-19(28)4/h5-15,17,32H,1-4H3,(H,35,36)/t17-/m1/s1. The molecule has 37 heavy (non-hydrogen) atoms. The number of benzene rings is 3. The fourth-order valence-electron chi connectivity index (χ4n) is 4.78. The van der Waals surface area contributed by atoms with E-state index in [2.05, 4.69) is 22.6 Å². The van der Waals surface area contributed by atoms with Crippen molar-refractivity contribution in [3.05, 3.63) is 101 Å². The van der Waals surface area contributed by atoms with Crippen LogP contribution in [0, 0.1) is 26.6 Å². The molecule has 2 aromatic heterocycles. The molecule has 3 aromatic carbocycles. The lowest BCUT2D eigenvalue weighted by Crippen LogP contribution is -2.11. The van der Waals surface area contributed by atoms with Crippen molar-refractivity contribution in [2.45, 2.75) is 33.7 Å². The summed E-state index contributed by atoms with van der Waals surface area (Å²) in [5.41, 5.74) is 7.41. The second-order valence-electron chi connectivity index (χ2n) is 9.23. The van der Waals surface area contributed by atoms with Gasteiger partial charge in [-0.3, -0.25) is 0 Å². The van der Waals surface area contributed by atoms with Crippen molar-refractivity contribution >= 4 is 22.6 Å². The summed E-state index contributed by atoms with van der Waals surface area (Å²) in [6, 6.07) is 19.1. The summed E-state index contributed by atoms with van der Waals surface area (Å²) in [5, 5.41) is 18.0. The minimum atomic E-state index is -0.992. The van der Waals surface area contributed by atoms with E-state index in [0.29, 0.717) is 17.1 Å². The number of aromatic carboxylic acids is 1. The van der Waals surface area contributed by atoms with Crippen molar-refractivity contribution in [2.75, 3.05) is 5.32 Å². The lowest BCUT2D eigenvalue weighted by Gasteiger charge is -2.21. The Labute approximate surface area is 213 Å². The van der Waals surface area contributed by atoms with Crippen molar-refractivity contribution in [2.24, 2.45) is 0 Å². The summed E-state index contributed by atoms with van der Waals surface area (Å²) < 4.78 is 19.2. The first-order valence-corrected chi connectivity index (χ1v) is 12.0. The van der Waals surface area contributed by atoms with Crippen LogP contribution in [0.5, 0.6) is 0 Å². The first-order valence-electron chi connectivity index (χ1n) is 12.0. The molecule has 5 rings (SSSR count). The van der Waals surface area contributed by atoms with Crippen molar-refractivity contribution in [1.29, 1.82) is 0 Å². The Balaban J connectivity index is 1.73. The number of pyridine rings is 1. The summed E-state index contributed by atoms with van der Waals surface area (Å²) in [7, 11) is 0. The highest BCUT2D eigenvalue weighted by molar-refractivity contribution is 5.96. The number of hydrogen-bond donors (Lipinski definition) is 2. The number of para-hydroxylation sites is 1. The molecule has 0 saturated heterocycles. The van der Waals surface area contributed by atoms with Crippen LogP contribution in [0.1, 0.15) is 45.9 Å². The molecule has 2 heterocycles. The number of hydrogen-bond acceptors (Lipinski definition) is 5. The first-order chi connectivity index (χ1) is 17.7. The third-order valence-electron chi connectivity index (χ3n) is 6.53. The maximum absolute atomic E-state index is 13.8. The van der Waals surface area contributed by atoms with Crippen LogP contribution in [0.2, 0.25) is 0 Å². The summed E-state index contributed by atoms with van der Waals surface area (Å²) in [6.45, 7) is 7.72. The predicted octanol–water partition coefficient (Wildman–Crippen LogP) is 7.49. The van der Waals surface area contributed by atoms with Gasteiger partial charge in [0.2, 0.25) is 0 Å². The molecule has 1 atom stereocenters. The maximum atomic E-state index is 13.8. The molecule has 0 unspecified atom stereocenters. The van der Waals surface area contributed by atoms with Gasteiger partial charge in [0.25, 0.3) is 0 Å². The molecule has 0 fully saturated rings. The molecule has 2 N–H and O–H groups in total. The molecule has 186 valence electrons. The highest BCUT2D eigenvalue weighted by Crippen LogP contribution is 2.39. The quantitative estimate of drug-likeness (QED) is 0.254. The molecular formula is C30H26FN3O3. The van der Waals surface area contributed by atoms with Gasteiger partial charge in [-0.15, -0.1) is 0 Å². The fraction of sp³-hybridized carbons (Fsp3) is 0.167. The zero-order chi connectivity index (χ0) is 26.3. The topological polar surface area (TPSA) is 88.2 Å². The van der Waals surface area contributed by atoms with Crippen molar-refractivity contribution in [3.63, 3.8) is 0 Å². The number of carbonyl (C=O) groups is 1. The normalized spacial score (nSPS) is 12.0. The van der Waals surface area contributed by atoms with Gasteiger partial charge in [0, 0.05) is 22.7 Å². The van der Waals surface area contributed by atoms with Crippen molar-refractivity contribution in [1.82, 2.24) is 10.1 Å². The SMILES string of the molecule is Cc1cc([C@@H](C)Nc2ccccc2C(=O)O)c2cc(-c3ccc(F)cc3)c(-c3c(C)noc3C)nc2c1. The van der Waals surface area contributed by atoms with E-state index in [4.69, 9.17) is 9.51 Å². The van der Waals surface area contributed by atoms with Gasteiger partial charge in [-0.05, 0) is 80.8 Å². The Morgan fingerprint density at radius 1 is 1.03 bits per heavy atom. The highest BCUT2D eigenvalue weighted by atomic mass is 19.1. The van der Waals surface area contributed by atoms with Crippen LogP contribution in [0.3, 0.4) is 0 Å². The van der Waals surface area contributed by atoms with E-state index >= 15 is 0 Å². The Bertz CT molecular complexity index is 1620. The van der Waals surface area contributed by atoms with Crippen LogP contribution in [0.4, 0.5) is 10.1 Å². The number of nitrogens with one attached hydrogen (secondary N) is 1. The summed E-state index contributed by atoms with van der Waals surface area (Å²) in [6.07, 6.45) is 0. The molecule has 0 radical (unpaired) electrons. The number of rotatable bonds is 6. The molecule has 0 aliphatic heterocycles. The van der Waals surface area contributed by atoms with E-state index in [-0.39, 0.29) is 17.4 Å². The van der Waals surface area contributed by atoms with Crippen LogP contribution < -0.4 is 5.32 Å². The maximum Gasteiger partial charge on any atom is 0.337 e. The number of aryl methyl sites for hydroxylation is 3. The molecule has 7 heteroatoms. The molecule has 0 aliphatic rings. The van der Waals surface area contributed by atoms with Gasteiger partial charge in [0.1, 0.15) is 11.6 Å². The molecular weight excluding hydrogens is 469 g/mol. The monoisotopic (exact) mass is 495 g/mol. The van der Waals surface area contributed by atoms with Gasteiger partial charge in [0.05, 0.1) is 28.0 Å². The van der Waals surface area contributed by atoms with E-state index in [1.807, 2.05) is 33.8 Å². The van der Waals surface area contributed by atoms with Crippen molar-refractivity contribution in [3.8, 4) is 22.4 Å². The predicted molar refractivity (Wildman–Crippen MR) is 142 cm³/mol. The van der Waals surface area contributed by atoms with Gasteiger partial charge in [-0.1, -0.05) is 35.5 Å². The van der Waals surface area contributed by atoms with Crippen LogP contribution in [0.15, 0.2) is 71.3 Å². The molecule has 0 aliphatic carbocycles. The van der Waals surface area contributed by atoms with Crippen LogP contribution in [-0.4, -0.2) is 21.2 Å². The number of halogens is 1. The Morgan fingerprint density at radius 3 is 2.43 bits per heavy atom. The van der Waals surface area contributed by atoms with Crippen LogP contribution >= 0.6 is 0 Å². The van der Waals surface area contributed by atoms with E-state index in [1.165, 1.54) is 12.1 Å². The average molecular weight is 496 g/mol. The average Bonchev–Trinajstić information content (AvgIpc) is 3.21. The van der Waals surface area contributed by atoms with Gasteiger partial charge in [0.15, 0.2) is 0 Å². The molecule has 0 spiro atoms. The third-order valence-corrected chi connectivity index (χ3v) is 6.53. The lowest BCUT2D eigenvalue weighted by molar-refractivity contribution is 0.0698. The lowest BCUT2D eigenvalue weighted by atomic mass is 9.93. The van der Waals surface area contributed by atoms with Crippen LogP contribution in [-0.2, 0) is 0 Å². The first kappa shape index (κ1) is 24.2. The second-order valence-corrected chi connectivity index (χ2v) is 9.23. The number of carboxylic acids is 1. The zero-order valence-corrected chi connectivity index (χ0v) is 21.0. The minimum absolute atomic E-state index is 0.206. The van der Waals surface area contributed by atoms with Gasteiger partial charge < -0.3 is 14.9 Å². The highest BCUT2D eigenvalue weighted by Gasteiger charge is 2.22.